The Morgan fingerprint density at radius 3 is 2.65 bits per heavy atom. The Kier molecular flexibility index (Phi) is 5.03. The Hall–Kier alpha value is -0.0800. The number of rotatable bonds is 4. The first-order valence-electron chi connectivity index (χ1n) is 4.31. The monoisotopic (exact) mass is 402 g/mol. The normalized spacial score (nSPS) is 11.5. The van der Waals surface area contributed by atoms with Crippen molar-refractivity contribution < 1.29 is 8.42 Å². The van der Waals surface area contributed by atoms with Crippen LogP contribution in [0.2, 0.25) is 5.02 Å². The molecule has 0 amide bonds. The van der Waals surface area contributed by atoms with E-state index >= 15 is 0 Å². The summed E-state index contributed by atoms with van der Waals surface area (Å²) >= 11 is 12.0. The van der Waals surface area contributed by atoms with E-state index in [9.17, 15) is 8.42 Å². The van der Waals surface area contributed by atoms with Crippen LogP contribution < -0.4 is 10.5 Å². The quantitative estimate of drug-likeness (QED) is 0.758. The van der Waals surface area contributed by atoms with Gasteiger partial charge in [-0.15, -0.1) is 0 Å². The average Bonchev–Trinajstić information content (AvgIpc) is 2.20. The van der Waals surface area contributed by atoms with Crippen molar-refractivity contribution in [1.82, 2.24) is 4.72 Å². The van der Waals surface area contributed by atoms with Gasteiger partial charge in [0.05, 0.1) is 9.37 Å². The van der Waals surface area contributed by atoms with Gasteiger partial charge in [-0.3, -0.25) is 0 Å². The predicted molar refractivity (Wildman–Crippen MR) is 76.8 cm³/mol. The van der Waals surface area contributed by atoms with Gasteiger partial charge in [-0.25, -0.2) is 13.1 Å². The molecular formula is C9H9Br2ClN2O2S. The second-order valence-electron chi connectivity index (χ2n) is 3.15. The molecule has 0 saturated carbocycles. The van der Waals surface area contributed by atoms with E-state index in [4.69, 9.17) is 17.3 Å². The summed E-state index contributed by atoms with van der Waals surface area (Å²) in [4.78, 5) is -0.00347. The second kappa shape index (κ2) is 5.71. The molecule has 0 radical (unpaired) electrons. The summed E-state index contributed by atoms with van der Waals surface area (Å²) in [7, 11) is -3.68. The van der Waals surface area contributed by atoms with E-state index in [-0.39, 0.29) is 26.6 Å². The fourth-order valence-electron chi connectivity index (χ4n) is 1.03. The lowest BCUT2D eigenvalue weighted by Gasteiger charge is -2.10. The Bertz CT molecular complexity index is 560. The Labute approximate surface area is 122 Å². The van der Waals surface area contributed by atoms with E-state index in [1.165, 1.54) is 12.1 Å². The molecule has 0 spiro atoms. The Morgan fingerprint density at radius 2 is 2.12 bits per heavy atom. The highest BCUT2D eigenvalue weighted by Gasteiger charge is 2.19. The topological polar surface area (TPSA) is 72.2 Å². The molecule has 0 aromatic heterocycles. The van der Waals surface area contributed by atoms with Crippen LogP contribution in [-0.2, 0) is 10.0 Å². The number of sulfonamides is 1. The largest absolute Gasteiger partial charge is 0.398 e. The number of halogens is 3. The molecule has 0 saturated heterocycles. The highest BCUT2D eigenvalue weighted by molar-refractivity contribution is 9.11. The molecule has 3 N–H and O–H groups in total. The molecule has 0 atom stereocenters. The zero-order valence-electron chi connectivity index (χ0n) is 8.50. The van der Waals surface area contributed by atoms with Crippen molar-refractivity contribution in [1.29, 1.82) is 0 Å². The second-order valence-corrected chi connectivity index (χ2v) is 7.24. The summed E-state index contributed by atoms with van der Waals surface area (Å²) in [5.41, 5.74) is 5.88. The SMILES string of the molecule is C=C(Br)CNS(=O)(=O)c1cc(Cl)cc(N)c1Br. The van der Waals surface area contributed by atoms with E-state index in [1.54, 1.807) is 0 Å². The predicted octanol–water partition coefficient (Wildman–Crippen LogP) is 2.87. The first kappa shape index (κ1) is 15.0. The van der Waals surface area contributed by atoms with Crippen molar-refractivity contribution in [2.24, 2.45) is 0 Å². The van der Waals surface area contributed by atoms with Gasteiger partial charge in [0.2, 0.25) is 10.0 Å². The molecule has 0 aliphatic rings. The van der Waals surface area contributed by atoms with Gasteiger partial charge < -0.3 is 5.73 Å². The number of benzene rings is 1. The molecule has 4 nitrogen and oxygen atoms in total. The molecule has 0 aliphatic heterocycles. The maximum Gasteiger partial charge on any atom is 0.242 e. The third-order valence-electron chi connectivity index (χ3n) is 1.78. The Balaban J connectivity index is 3.19. The number of nitrogens with two attached hydrogens (primary N) is 1. The number of anilines is 1. The highest BCUT2D eigenvalue weighted by atomic mass is 79.9. The summed E-state index contributed by atoms with van der Waals surface area (Å²) < 4.78 is 27.0. The average molecular weight is 405 g/mol. The molecule has 8 heteroatoms. The minimum absolute atomic E-state index is 0.00347. The van der Waals surface area contributed by atoms with Gasteiger partial charge in [-0.2, -0.15) is 0 Å². The van der Waals surface area contributed by atoms with Gasteiger partial charge in [0.25, 0.3) is 0 Å². The van der Waals surface area contributed by atoms with Crippen molar-refractivity contribution in [2.45, 2.75) is 4.90 Å². The first-order valence-corrected chi connectivity index (χ1v) is 7.76. The molecule has 0 bridgehead atoms. The molecule has 0 aliphatic carbocycles. The minimum atomic E-state index is -3.68. The fourth-order valence-corrected chi connectivity index (χ4v) is 3.67. The van der Waals surface area contributed by atoms with Gasteiger partial charge in [0.15, 0.2) is 0 Å². The van der Waals surface area contributed by atoms with Gasteiger partial charge in [0.1, 0.15) is 0 Å². The lowest BCUT2D eigenvalue weighted by atomic mass is 10.3. The smallest absolute Gasteiger partial charge is 0.242 e. The van der Waals surface area contributed by atoms with Gasteiger partial charge >= 0.3 is 0 Å². The summed E-state index contributed by atoms with van der Waals surface area (Å²) in [6.45, 7) is 3.62. The van der Waals surface area contributed by atoms with Crippen LogP contribution in [0.4, 0.5) is 5.69 Å². The fraction of sp³-hybridized carbons (Fsp3) is 0.111. The van der Waals surface area contributed by atoms with Gasteiger partial charge in [-0.05, 0) is 28.1 Å². The zero-order chi connectivity index (χ0) is 13.2. The zero-order valence-corrected chi connectivity index (χ0v) is 13.2. The lowest BCUT2D eigenvalue weighted by molar-refractivity contribution is 0.585. The van der Waals surface area contributed by atoms with Gasteiger partial charge in [-0.1, -0.05) is 34.1 Å². The van der Waals surface area contributed by atoms with E-state index in [0.29, 0.717) is 4.48 Å². The van der Waals surface area contributed by atoms with Crippen molar-refractivity contribution in [3.05, 3.63) is 32.7 Å². The van der Waals surface area contributed by atoms with Crippen LogP contribution in [0.15, 0.2) is 32.6 Å². The number of nitrogens with one attached hydrogen (secondary N) is 1. The molecule has 94 valence electrons. The maximum absolute atomic E-state index is 11.9. The molecule has 0 unspecified atom stereocenters. The summed E-state index contributed by atoms with van der Waals surface area (Å²) in [5.74, 6) is 0. The van der Waals surface area contributed by atoms with Crippen LogP contribution in [0.5, 0.6) is 0 Å². The number of hydrogen-bond donors (Lipinski definition) is 2. The molecule has 17 heavy (non-hydrogen) atoms. The molecule has 1 aromatic rings. The van der Waals surface area contributed by atoms with Crippen LogP contribution in [0.25, 0.3) is 0 Å². The van der Waals surface area contributed by atoms with Gasteiger partial charge in [0, 0.05) is 21.7 Å². The van der Waals surface area contributed by atoms with Crippen molar-refractivity contribution in [2.75, 3.05) is 12.3 Å². The van der Waals surface area contributed by atoms with E-state index in [1.807, 2.05) is 0 Å². The first-order chi connectivity index (χ1) is 7.74. The lowest BCUT2D eigenvalue weighted by Crippen LogP contribution is -2.25. The third-order valence-corrected chi connectivity index (χ3v) is 4.85. The van der Waals surface area contributed by atoms with Crippen molar-refractivity contribution in [3.63, 3.8) is 0 Å². The van der Waals surface area contributed by atoms with Crippen molar-refractivity contribution >= 4 is 59.2 Å². The Morgan fingerprint density at radius 1 is 1.53 bits per heavy atom. The van der Waals surface area contributed by atoms with E-state index < -0.39 is 10.0 Å². The standard InChI is InChI=1S/C9H9Br2ClN2O2S/c1-5(10)4-14-17(15,16)8-3-6(12)2-7(13)9(8)11/h2-3,14H,1,4,13H2. The third kappa shape index (κ3) is 3.96. The summed E-state index contributed by atoms with van der Waals surface area (Å²) in [5, 5.41) is 0.253. The summed E-state index contributed by atoms with van der Waals surface area (Å²) in [6, 6.07) is 2.79. The maximum atomic E-state index is 11.9. The number of nitrogen functional groups attached to an aromatic ring is 1. The highest BCUT2D eigenvalue weighted by Crippen LogP contribution is 2.31. The molecule has 0 heterocycles. The minimum Gasteiger partial charge on any atom is -0.398 e. The van der Waals surface area contributed by atoms with Crippen LogP contribution in [0, 0.1) is 0 Å². The van der Waals surface area contributed by atoms with Crippen LogP contribution >= 0.6 is 43.5 Å². The van der Waals surface area contributed by atoms with E-state index in [2.05, 4.69) is 43.2 Å². The van der Waals surface area contributed by atoms with Crippen LogP contribution in [0.1, 0.15) is 0 Å². The van der Waals surface area contributed by atoms with Crippen molar-refractivity contribution in [3.8, 4) is 0 Å². The molecule has 0 fully saturated rings. The van der Waals surface area contributed by atoms with Crippen LogP contribution in [-0.4, -0.2) is 15.0 Å². The van der Waals surface area contributed by atoms with Crippen LogP contribution in [0.3, 0.4) is 0 Å². The number of hydrogen-bond acceptors (Lipinski definition) is 3. The molecule has 1 aromatic carbocycles. The molecular weight excluding hydrogens is 395 g/mol. The molecule has 1 rings (SSSR count). The van der Waals surface area contributed by atoms with E-state index in [0.717, 1.165) is 0 Å². The summed E-state index contributed by atoms with van der Waals surface area (Å²) in [6.07, 6.45) is 0.